The zero-order valence-corrected chi connectivity index (χ0v) is 10.3. The Bertz CT molecular complexity index is 341. The molecule has 0 amide bonds. The van der Waals surface area contributed by atoms with Gasteiger partial charge in [0, 0.05) is 7.05 Å². The van der Waals surface area contributed by atoms with E-state index >= 15 is 0 Å². The molecule has 1 aliphatic carbocycles. The van der Waals surface area contributed by atoms with Crippen molar-refractivity contribution < 1.29 is 0 Å². The lowest BCUT2D eigenvalue weighted by Crippen LogP contribution is -2.16. The summed E-state index contributed by atoms with van der Waals surface area (Å²) in [4.78, 5) is 0. The van der Waals surface area contributed by atoms with Crippen molar-refractivity contribution in [2.24, 2.45) is 0 Å². The first-order valence-electron chi connectivity index (χ1n) is 6.34. The zero-order chi connectivity index (χ0) is 11.4. The van der Waals surface area contributed by atoms with Crippen LogP contribution in [0.25, 0.3) is 0 Å². The Morgan fingerprint density at radius 1 is 1.12 bits per heavy atom. The van der Waals surface area contributed by atoms with Crippen molar-refractivity contribution in [1.82, 2.24) is 5.43 Å². The minimum absolute atomic E-state index is 0.784. The van der Waals surface area contributed by atoms with Gasteiger partial charge in [0.15, 0.2) is 0 Å². The fourth-order valence-corrected chi connectivity index (χ4v) is 2.60. The van der Waals surface area contributed by atoms with Gasteiger partial charge in [0.2, 0.25) is 0 Å². The van der Waals surface area contributed by atoms with E-state index in [4.69, 9.17) is 0 Å². The molecular weight excluding hydrogens is 196 g/mol. The molecule has 0 unspecified atom stereocenters. The second-order valence-electron chi connectivity index (χ2n) is 4.78. The number of rotatable bonds is 3. The van der Waals surface area contributed by atoms with Crippen molar-refractivity contribution in [3.05, 3.63) is 29.3 Å². The number of hydrogen-bond acceptors (Lipinski definition) is 2. The minimum Gasteiger partial charge on any atom is -0.321 e. The number of anilines is 1. The van der Waals surface area contributed by atoms with Crippen molar-refractivity contribution in [3.8, 4) is 0 Å². The monoisotopic (exact) mass is 218 g/mol. The van der Waals surface area contributed by atoms with Gasteiger partial charge in [-0.05, 0) is 42.9 Å². The lowest BCUT2D eigenvalue weighted by atomic mass is 9.84. The third kappa shape index (κ3) is 2.56. The quantitative estimate of drug-likeness (QED) is 0.758. The highest BCUT2D eigenvalue weighted by molar-refractivity contribution is 5.52. The summed E-state index contributed by atoms with van der Waals surface area (Å²) in [7, 11) is 1.91. The van der Waals surface area contributed by atoms with Crippen LogP contribution < -0.4 is 10.9 Å². The van der Waals surface area contributed by atoms with E-state index in [1.54, 1.807) is 0 Å². The number of nitrogens with one attached hydrogen (secondary N) is 2. The van der Waals surface area contributed by atoms with E-state index in [2.05, 4.69) is 36.0 Å². The molecule has 0 bridgehead atoms. The van der Waals surface area contributed by atoms with Crippen LogP contribution in [0.15, 0.2) is 18.2 Å². The molecule has 1 saturated carbocycles. The molecule has 2 N–H and O–H groups in total. The average molecular weight is 218 g/mol. The maximum absolute atomic E-state index is 3.21. The van der Waals surface area contributed by atoms with Gasteiger partial charge in [-0.15, -0.1) is 0 Å². The summed E-state index contributed by atoms with van der Waals surface area (Å²) in [6, 6.07) is 6.83. The van der Waals surface area contributed by atoms with Gasteiger partial charge in [0.25, 0.3) is 0 Å². The summed E-state index contributed by atoms with van der Waals surface area (Å²) >= 11 is 0. The SMILES string of the molecule is CNNc1cc(C2CCCCC2)ccc1C. The fourth-order valence-electron chi connectivity index (χ4n) is 2.60. The normalized spacial score (nSPS) is 17.4. The van der Waals surface area contributed by atoms with Gasteiger partial charge >= 0.3 is 0 Å². The predicted molar refractivity (Wildman–Crippen MR) is 69.7 cm³/mol. The Hall–Kier alpha value is -1.02. The summed E-state index contributed by atoms with van der Waals surface area (Å²) < 4.78 is 0. The average Bonchev–Trinajstić information content (AvgIpc) is 2.33. The Morgan fingerprint density at radius 3 is 2.56 bits per heavy atom. The smallest absolute Gasteiger partial charge is 0.0519 e. The maximum atomic E-state index is 3.21. The van der Waals surface area contributed by atoms with Crippen molar-refractivity contribution in [2.75, 3.05) is 12.5 Å². The van der Waals surface area contributed by atoms with Crippen molar-refractivity contribution in [2.45, 2.75) is 44.9 Å². The lowest BCUT2D eigenvalue weighted by molar-refractivity contribution is 0.443. The molecule has 16 heavy (non-hydrogen) atoms. The van der Waals surface area contributed by atoms with Crippen LogP contribution in [0.3, 0.4) is 0 Å². The first-order valence-corrected chi connectivity index (χ1v) is 6.34. The molecule has 0 heterocycles. The van der Waals surface area contributed by atoms with Crippen LogP contribution in [0.1, 0.15) is 49.1 Å². The third-order valence-electron chi connectivity index (χ3n) is 3.60. The van der Waals surface area contributed by atoms with Crippen LogP contribution in [0.2, 0.25) is 0 Å². The van der Waals surface area contributed by atoms with Crippen LogP contribution in [0.5, 0.6) is 0 Å². The van der Waals surface area contributed by atoms with Crippen LogP contribution >= 0.6 is 0 Å². The molecule has 0 atom stereocenters. The van der Waals surface area contributed by atoms with Gasteiger partial charge in [0.05, 0.1) is 5.69 Å². The predicted octanol–water partition coefficient (Wildman–Crippen LogP) is 3.59. The third-order valence-corrected chi connectivity index (χ3v) is 3.60. The molecule has 2 heteroatoms. The molecule has 1 aromatic rings. The van der Waals surface area contributed by atoms with Crippen LogP contribution in [-0.2, 0) is 0 Å². The largest absolute Gasteiger partial charge is 0.321 e. The van der Waals surface area contributed by atoms with Gasteiger partial charge in [-0.3, -0.25) is 0 Å². The van der Waals surface area contributed by atoms with Gasteiger partial charge < -0.3 is 5.43 Å². The van der Waals surface area contributed by atoms with Crippen molar-refractivity contribution in [1.29, 1.82) is 0 Å². The van der Waals surface area contributed by atoms with E-state index in [9.17, 15) is 0 Å². The number of benzene rings is 1. The van der Waals surface area contributed by atoms with Crippen LogP contribution in [-0.4, -0.2) is 7.05 Å². The number of aryl methyl sites for hydroxylation is 1. The van der Waals surface area contributed by atoms with E-state index in [-0.39, 0.29) is 0 Å². The van der Waals surface area contributed by atoms with Crippen LogP contribution in [0.4, 0.5) is 5.69 Å². The molecule has 1 aromatic carbocycles. The van der Waals surface area contributed by atoms with Gasteiger partial charge in [-0.1, -0.05) is 31.4 Å². The van der Waals surface area contributed by atoms with Gasteiger partial charge in [-0.25, -0.2) is 5.43 Å². The second-order valence-corrected chi connectivity index (χ2v) is 4.78. The Kier molecular flexibility index (Phi) is 3.83. The van der Waals surface area contributed by atoms with Crippen molar-refractivity contribution >= 4 is 5.69 Å². The summed E-state index contributed by atoms with van der Waals surface area (Å²) in [6.07, 6.45) is 6.94. The highest BCUT2D eigenvalue weighted by atomic mass is 15.3. The minimum atomic E-state index is 0.784. The van der Waals surface area contributed by atoms with Gasteiger partial charge in [-0.2, -0.15) is 0 Å². The summed E-state index contributed by atoms with van der Waals surface area (Å²) in [5.74, 6) is 0.784. The molecule has 0 spiro atoms. The first kappa shape index (κ1) is 11.5. The molecule has 0 aliphatic heterocycles. The molecule has 0 radical (unpaired) electrons. The fraction of sp³-hybridized carbons (Fsp3) is 0.571. The highest BCUT2D eigenvalue weighted by Gasteiger charge is 2.15. The molecule has 0 aromatic heterocycles. The van der Waals surface area contributed by atoms with E-state index in [1.165, 1.54) is 48.9 Å². The molecule has 88 valence electrons. The van der Waals surface area contributed by atoms with Gasteiger partial charge in [0.1, 0.15) is 0 Å². The van der Waals surface area contributed by atoms with E-state index in [0.29, 0.717) is 0 Å². The maximum Gasteiger partial charge on any atom is 0.0519 e. The molecule has 1 fully saturated rings. The number of hydrogen-bond donors (Lipinski definition) is 2. The molecule has 0 saturated heterocycles. The number of hydrazine groups is 1. The highest BCUT2D eigenvalue weighted by Crippen LogP contribution is 2.34. The molecule has 1 aliphatic rings. The first-order chi connectivity index (χ1) is 7.81. The second kappa shape index (κ2) is 5.35. The summed E-state index contributed by atoms with van der Waals surface area (Å²) in [5, 5.41) is 0. The Morgan fingerprint density at radius 2 is 1.88 bits per heavy atom. The topological polar surface area (TPSA) is 24.1 Å². The van der Waals surface area contributed by atoms with E-state index in [1.807, 2.05) is 7.05 Å². The molecule has 2 rings (SSSR count). The zero-order valence-electron chi connectivity index (χ0n) is 10.3. The standard InChI is InChI=1S/C14H22N2/c1-11-8-9-13(10-14(11)16-15-2)12-6-4-3-5-7-12/h8-10,12,15-16H,3-7H2,1-2H3. The van der Waals surface area contributed by atoms with Crippen LogP contribution in [0, 0.1) is 6.92 Å². The van der Waals surface area contributed by atoms with E-state index < -0.39 is 0 Å². The lowest BCUT2D eigenvalue weighted by Gasteiger charge is -2.23. The summed E-state index contributed by atoms with van der Waals surface area (Å²) in [5.41, 5.74) is 10.2. The van der Waals surface area contributed by atoms with E-state index in [0.717, 1.165) is 5.92 Å². The Labute approximate surface area is 98.4 Å². The Balaban J connectivity index is 2.17. The molecule has 2 nitrogen and oxygen atoms in total. The van der Waals surface area contributed by atoms with Crippen molar-refractivity contribution in [3.63, 3.8) is 0 Å². The molecular formula is C14H22N2. The summed E-state index contributed by atoms with van der Waals surface area (Å²) in [6.45, 7) is 2.14.